The van der Waals surface area contributed by atoms with Gasteiger partial charge in [0.25, 0.3) is 0 Å². The fourth-order valence-electron chi connectivity index (χ4n) is 2.28. The maximum Gasteiger partial charge on any atom is 0.235 e. The van der Waals surface area contributed by atoms with E-state index in [1.165, 1.54) is 20.3 Å². The summed E-state index contributed by atoms with van der Waals surface area (Å²) >= 11 is 6.05. The van der Waals surface area contributed by atoms with E-state index in [-0.39, 0.29) is 0 Å². The highest BCUT2D eigenvalue weighted by Crippen LogP contribution is 2.36. The minimum atomic E-state index is -3.47. The summed E-state index contributed by atoms with van der Waals surface area (Å²) in [5.41, 5.74) is 0.321. The molecule has 0 amide bonds. The van der Waals surface area contributed by atoms with Crippen LogP contribution in [-0.4, -0.2) is 41.0 Å². The van der Waals surface area contributed by atoms with Crippen molar-refractivity contribution in [1.82, 2.24) is 5.32 Å². The predicted octanol–water partition coefficient (Wildman–Crippen LogP) is 1.85. The molecule has 1 heterocycles. The zero-order valence-electron chi connectivity index (χ0n) is 12.0. The lowest BCUT2D eigenvalue weighted by Crippen LogP contribution is -2.38. The van der Waals surface area contributed by atoms with Gasteiger partial charge in [0, 0.05) is 6.07 Å². The quantitative estimate of drug-likeness (QED) is 0.859. The highest BCUT2D eigenvalue weighted by atomic mass is 35.5. The van der Waals surface area contributed by atoms with Gasteiger partial charge in [-0.3, -0.25) is 4.72 Å². The Morgan fingerprint density at radius 1 is 1.19 bits per heavy atom. The highest BCUT2D eigenvalue weighted by molar-refractivity contribution is 7.93. The zero-order valence-corrected chi connectivity index (χ0v) is 13.6. The number of nitrogens with one attached hydrogen (secondary N) is 2. The van der Waals surface area contributed by atoms with E-state index in [0.717, 1.165) is 0 Å². The Labute approximate surface area is 129 Å². The van der Waals surface area contributed by atoms with Crippen LogP contribution in [0.3, 0.4) is 0 Å². The third kappa shape index (κ3) is 3.72. The Kier molecular flexibility index (Phi) is 5.18. The third-order valence-corrected chi connectivity index (χ3v) is 5.60. The smallest absolute Gasteiger partial charge is 0.235 e. The monoisotopic (exact) mass is 334 g/mol. The summed E-state index contributed by atoms with van der Waals surface area (Å²) in [6, 6.07) is 3.06. The molecule has 1 aliphatic rings. The maximum atomic E-state index is 12.4. The summed E-state index contributed by atoms with van der Waals surface area (Å²) < 4.78 is 37.7. The van der Waals surface area contributed by atoms with Gasteiger partial charge in [0.2, 0.25) is 10.0 Å². The van der Waals surface area contributed by atoms with Crippen molar-refractivity contribution < 1.29 is 17.9 Å². The number of hydrogen-bond acceptors (Lipinski definition) is 5. The van der Waals surface area contributed by atoms with Gasteiger partial charge in [-0.1, -0.05) is 11.6 Å². The van der Waals surface area contributed by atoms with E-state index >= 15 is 0 Å². The van der Waals surface area contributed by atoms with Gasteiger partial charge in [0.05, 0.1) is 30.2 Å². The molecule has 0 spiro atoms. The average molecular weight is 335 g/mol. The lowest BCUT2D eigenvalue weighted by atomic mass is 10.2. The molecule has 0 atom stereocenters. The zero-order chi connectivity index (χ0) is 15.5. The largest absolute Gasteiger partial charge is 0.495 e. The van der Waals surface area contributed by atoms with Crippen molar-refractivity contribution >= 4 is 27.3 Å². The van der Waals surface area contributed by atoms with Gasteiger partial charge in [0.15, 0.2) is 0 Å². The lowest BCUT2D eigenvalue weighted by molar-refractivity contribution is 0.396. The van der Waals surface area contributed by atoms with Crippen LogP contribution < -0.4 is 19.5 Å². The molecule has 0 saturated carbocycles. The van der Waals surface area contributed by atoms with Crippen molar-refractivity contribution in [1.29, 1.82) is 0 Å². The van der Waals surface area contributed by atoms with E-state index in [1.807, 2.05) is 0 Å². The maximum absolute atomic E-state index is 12.4. The van der Waals surface area contributed by atoms with E-state index in [2.05, 4.69) is 10.0 Å². The topological polar surface area (TPSA) is 76.7 Å². The Hall–Kier alpha value is -1.18. The summed E-state index contributed by atoms with van der Waals surface area (Å²) in [5, 5.41) is 3.05. The van der Waals surface area contributed by atoms with E-state index < -0.39 is 15.3 Å². The summed E-state index contributed by atoms with van der Waals surface area (Å²) in [7, 11) is -0.526. The van der Waals surface area contributed by atoms with E-state index in [9.17, 15) is 8.42 Å². The molecule has 1 aromatic carbocycles. The molecule has 21 heavy (non-hydrogen) atoms. The van der Waals surface area contributed by atoms with Crippen LogP contribution in [0.4, 0.5) is 5.69 Å². The number of piperidine rings is 1. The van der Waals surface area contributed by atoms with Gasteiger partial charge in [-0.2, -0.15) is 0 Å². The van der Waals surface area contributed by atoms with Crippen LogP contribution in [0.25, 0.3) is 0 Å². The van der Waals surface area contributed by atoms with Crippen molar-refractivity contribution in [2.75, 3.05) is 32.0 Å². The molecule has 2 N–H and O–H groups in total. The number of halogens is 1. The second kappa shape index (κ2) is 6.72. The first-order valence-corrected chi connectivity index (χ1v) is 8.54. The van der Waals surface area contributed by atoms with E-state index in [1.54, 1.807) is 6.07 Å². The summed E-state index contributed by atoms with van der Waals surface area (Å²) in [6.07, 6.45) is 1.17. The van der Waals surface area contributed by atoms with Gasteiger partial charge in [-0.05, 0) is 32.0 Å². The van der Waals surface area contributed by atoms with Crippen LogP contribution in [-0.2, 0) is 10.0 Å². The van der Waals surface area contributed by atoms with E-state index in [4.69, 9.17) is 21.1 Å². The predicted molar refractivity (Wildman–Crippen MR) is 83.0 cm³/mol. The van der Waals surface area contributed by atoms with Gasteiger partial charge in [-0.25, -0.2) is 8.42 Å². The Morgan fingerprint density at radius 2 is 1.81 bits per heavy atom. The Balaban J connectivity index is 2.27. The Bertz CT molecular complexity index is 600. The standard InChI is InChI=1S/C13H19ClN2O4S/c1-19-12-8-13(20-2)11(7-10(12)14)16-21(17,18)9-3-5-15-6-4-9/h7-9,15-16H,3-6H2,1-2H3. The van der Waals surface area contributed by atoms with Gasteiger partial charge in [-0.15, -0.1) is 0 Å². The van der Waals surface area contributed by atoms with Crippen LogP contribution in [0.5, 0.6) is 11.5 Å². The minimum absolute atomic E-state index is 0.321. The second-order valence-corrected chi connectivity index (χ2v) is 7.15. The highest BCUT2D eigenvalue weighted by Gasteiger charge is 2.28. The van der Waals surface area contributed by atoms with Crippen LogP contribution in [0.2, 0.25) is 5.02 Å². The van der Waals surface area contributed by atoms with Crippen molar-refractivity contribution in [2.45, 2.75) is 18.1 Å². The number of anilines is 1. The molecule has 1 fully saturated rings. The summed E-state index contributed by atoms with van der Waals surface area (Å²) in [4.78, 5) is 0. The molecule has 1 saturated heterocycles. The third-order valence-electron chi connectivity index (χ3n) is 3.45. The first kappa shape index (κ1) is 16.2. The molecule has 0 aliphatic carbocycles. The number of rotatable bonds is 5. The first-order chi connectivity index (χ1) is 9.97. The van der Waals surface area contributed by atoms with Crippen LogP contribution in [0, 0.1) is 0 Å². The van der Waals surface area contributed by atoms with Crippen molar-refractivity contribution in [3.05, 3.63) is 17.2 Å². The van der Waals surface area contributed by atoms with Crippen molar-refractivity contribution in [3.8, 4) is 11.5 Å². The van der Waals surface area contributed by atoms with Crippen molar-refractivity contribution in [3.63, 3.8) is 0 Å². The number of methoxy groups -OCH3 is 2. The fourth-order valence-corrected chi connectivity index (χ4v) is 4.01. The fraction of sp³-hybridized carbons (Fsp3) is 0.538. The molecular formula is C13H19ClN2O4S. The Morgan fingerprint density at radius 3 is 2.38 bits per heavy atom. The molecule has 1 aliphatic heterocycles. The lowest BCUT2D eigenvalue weighted by Gasteiger charge is -2.24. The number of sulfonamides is 1. The number of benzene rings is 1. The SMILES string of the molecule is COc1cc(OC)c(NS(=O)(=O)C2CCNCC2)cc1Cl. The minimum Gasteiger partial charge on any atom is -0.495 e. The number of ether oxygens (including phenoxy) is 2. The molecule has 0 bridgehead atoms. The molecule has 0 unspecified atom stereocenters. The normalized spacial score (nSPS) is 16.5. The van der Waals surface area contributed by atoms with Crippen LogP contribution in [0.15, 0.2) is 12.1 Å². The molecule has 2 rings (SSSR count). The second-order valence-electron chi connectivity index (χ2n) is 4.78. The molecule has 6 nitrogen and oxygen atoms in total. The van der Waals surface area contributed by atoms with E-state index in [0.29, 0.717) is 48.1 Å². The molecular weight excluding hydrogens is 316 g/mol. The van der Waals surface area contributed by atoms with Gasteiger partial charge < -0.3 is 14.8 Å². The molecule has 1 aromatic rings. The van der Waals surface area contributed by atoms with Crippen molar-refractivity contribution in [2.24, 2.45) is 0 Å². The van der Waals surface area contributed by atoms with Crippen LogP contribution >= 0.6 is 11.6 Å². The average Bonchev–Trinajstić information content (AvgIpc) is 2.48. The molecule has 118 valence electrons. The van der Waals surface area contributed by atoms with Gasteiger partial charge in [0.1, 0.15) is 11.5 Å². The summed E-state index contributed by atoms with van der Waals surface area (Å²) in [6.45, 7) is 1.40. The number of hydrogen-bond donors (Lipinski definition) is 2. The van der Waals surface area contributed by atoms with Crippen LogP contribution in [0.1, 0.15) is 12.8 Å². The molecule has 0 aromatic heterocycles. The summed E-state index contributed by atoms with van der Waals surface area (Å²) in [5.74, 6) is 0.798. The molecule has 8 heteroatoms. The van der Waals surface area contributed by atoms with Gasteiger partial charge >= 0.3 is 0 Å². The first-order valence-electron chi connectivity index (χ1n) is 6.62. The molecule has 0 radical (unpaired) electrons.